The van der Waals surface area contributed by atoms with Gasteiger partial charge in [0.15, 0.2) is 0 Å². The molecule has 0 spiro atoms. The Labute approximate surface area is 131 Å². The summed E-state index contributed by atoms with van der Waals surface area (Å²) in [6.45, 7) is 0.0757. The molecule has 1 saturated carbocycles. The van der Waals surface area contributed by atoms with E-state index >= 15 is 0 Å². The molecule has 0 radical (unpaired) electrons. The maximum atomic E-state index is 13.7. The standard InChI is InChI=1S/C14H15ClFN3OS/c15-10-5-2-6-11(16)9(10)7-17-14(20)13-12(18-19-21-13)8-3-1-4-8/h2,5-6,8,18-19H,1,3-4,7H2,(H,17,20). The molecule has 1 amide bonds. The summed E-state index contributed by atoms with van der Waals surface area (Å²) in [5, 5.41) is 3.05. The van der Waals surface area contributed by atoms with Crippen LogP contribution in [0, 0.1) is 11.7 Å². The third kappa shape index (κ3) is 3.02. The molecule has 7 heteroatoms. The van der Waals surface area contributed by atoms with E-state index in [9.17, 15) is 9.18 Å². The summed E-state index contributed by atoms with van der Waals surface area (Å²) >= 11 is 7.21. The molecule has 1 aliphatic carbocycles. The van der Waals surface area contributed by atoms with Crippen LogP contribution >= 0.6 is 23.5 Å². The molecule has 1 heterocycles. The van der Waals surface area contributed by atoms with Crippen LogP contribution in [-0.4, -0.2) is 5.91 Å². The van der Waals surface area contributed by atoms with Crippen LogP contribution in [0.4, 0.5) is 4.39 Å². The van der Waals surface area contributed by atoms with Gasteiger partial charge in [-0.1, -0.05) is 24.1 Å². The zero-order valence-electron chi connectivity index (χ0n) is 11.2. The SMILES string of the molecule is O=C(NCc1c(F)cccc1Cl)C1=C(C2CCC2)NNS1. The van der Waals surface area contributed by atoms with E-state index in [0.29, 0.717) is 21.4 Å². The second-order valence-corrected chi connectivity index (χ2v) is 6.31. The van der Waals surface area contributed by atoms with Gasteiger partial charge in [-0.05, 0) is 36.9 Å². The summed E-state index contributed by atoms with van der Waals surface area (Å²) in [6, 6.07) is 4.49. The number of hydrogen-bond donors (Lipinski definition) is 3. The molecule has 0 saturated heterocycles. The number of hydrazine groups is 1. The summed E-state index contributed by atoms with van der Waals surface area (Å²) in [7, 11) is 0. The first-order valence-electron chi connectivity index (χ1n) is 6.80. The Hall–Kier alpha value is -1.24. The van der Waals surface area contributed by atoms with Crippen molar-refractivity contribution in [1.82, 2.24) is 15.6 Å². The number of rotatable bonds is 4. The monoisotopic (exact) mass is 327 g/mol. The molecule has 0 atom stereocenters. The Morgan fingerprint density at radius 3 is 2.95 bits per heavy atom. The number of nitrogens with one attached hydrogen (secondary N) is 3. The molecule has 0 unspecified atom stereocenters. The lowest BCUT2D eigenvalue weighted by atomic mass is 9.82. The average Bonchev–Trinajstić information content (AvgIpc) is 2.85. The van der Waals surface area contributed by atoms with Crippen molar-refractivity contribution in [2.24, 2.45) is 5.92 Å². The van der Waals surface area contributed by atoms with Gasteiger partial charge in [0.25, 0.3) is 5.91 Å². The first-order chi connectivity index (χ1) is 10.2. The highest BCUT2D eigenvalue weighted by molar-refractivity contribution is 8.02. The molecule has 3 N–H and O–H groups in total. The summed E-state index contributed by atoms with van der Waals surface area (Å²) < 4.78 is 13.7. The fourth-order valence-corrected chi connectivity index (χ4v) is 3.33. The molecular weight excluding hydrogens is 313 g/mol. The van der Waals surface area contributed by atoms with E-state index in [4.69, 9.17) is 11.6 Å². The molecule has 112 valence electrons. The Kier molecular flexibility index (Phi) is 4.37. The van der Waals surface area contributed by atoms with Gasteiger partial charge in [0, 0.05) is 23.0 Å². The Balaban J connectivity index is 1.69. The van der Waals surface area contributed by atoms with Gasteiger partial charge in [-0.2, -0.15) is 4.83 Å². The van der Waals surface area contributed by atoms with Crippen LogP contribution in [0.15, 0.2) is 28.8 Å². The molecule has 1 aromatic carbocycles. The van der Waals surface area contributed by atoms with E-state index in [-0.39, 0.29) is 12.5 Å². The summed E-state index contributed by atoms with van der Waals surface area (Å²) in [5.41, 5.74) is 4.30. The fraction of sp³-hybridized carbons (Fsp3) is 0.357. The molecule has 0 bridgehead atoms. The molecule has 3 rings (SSSR count). The number of halogens is 2. The number of benzene rings is 1. The van der Waals surface area contributed by atoms with Crippen molar-refractivity contribution in [3.05, 3.63) is 45.2 Å². The lowest BCUT2D eigenvalue weighted by molar-refractivity contribution is -0.117. The third-order valence-corrected chi connectivity index (χ3v) is 4.96. The third-order valence-electron chi connectivity index (χ3n) is 3.79. The average molecular weight is 328 g/mol. The quantitative estimate of drug-likeness (QED) is 0.744. The maximum Gasteiger partial charge on any atom is 0.261 e. The molecule has 0 aromatic heterocycles. The van der Waals surface area contributed by atoms with Crippen LogP contribution in [0.25, 0.3) is 0 Å². The molecular formula is C14H15ClFN3OS. The Morgan fingerprint density at radius 2 is 2.29 bits per heavy atom. The summed E-state index contributed by atoms with van der Waals surface area (Å²) in [6.07, 6.45) is 3.39. The number of carbonyl (C=O) groups is 1. The van der Waals surface area contributed by atoms with Gasteiger partial charge in [-0.15, -0.1) is 0 Å². The van der Waals surface area contributed by atoms with Crippen LogP contribution in [0.2, 0.25) is 5.02 Å². The first kappa shape index (κ1) is 14.7. The van der Waals surface area contributed by atoms with Crippen LogP contribution in [0.1, 0.15) is 24.8 Å². The van der Waals surface area contributed by atoms with Crippen molar-refractivity contribution in [1.29, 1.82) is 0 Å². The van der Waals surface area contributed by atoms with E-state index in [2.05, 4.69) is 15.6 Å². The van der Waals surface area contributed by atoms with Gasteiger partial charge in [-0.3, -0.25) is 4.79 Å². The predicted octanol–water partition coefficient (Wildman–Crippen LogP) is 2.86. The van der Waals surface area contributed by atoms with Gasteiger partial charge in [-0.25, -0.2) is 4.39 Å². The predicted molar refractivity (Wildman–Crippen MR) is 81.5 cm³/mol. The molecule has 1 aliphatic heterocycles. The Morgan fingerprint density at radius 1 is 1.48 bits per heavy atom. The lowest BCUT2D eigenvalue weighted by Crippen LogP contribution is -2.29. The second kappa shape index (κ2) is 6.25. The maximum absolute atomic E-state index is 13.7. The minimum Gasteiger partial charge on any atom is -0.347 e. The lowest BCUT2D eigenvalue weighted by Gasteiger charge is -2.26. The number of amides is 1. The highest BCUT2D eigenvalue weighted by atomic mass is 35.5. The van der Waals surface area contributed by atoms with Crippen LogP contribution in [0.5, 0.6) is 0 Å². The largest absolute Gasteiger partial charge is 0.347 e. The van der Waals surface area contributed by atoms with Gasteiger partial charge in [0.05, 0.1) is 5.70 Å². The first-order valence-corrected chi connectivity index (χ1v) is 7.99. The summed E-state index contributed by atoms with van der Waals surface area (Å²) in [5.74, 6) is -0.199. The van der Waals surface area contributed by atoms with E-state index < -0.39 is 5.82 Å². The topological polar surface area (TPSA) is 53.2 Å². The second-order valence-electron chi connectivity index (χ2n) is 5.08. The molecule has 1 aromatic rings. The normalized spacial score (nSPS) is 18.4. The van der Waals surface area contributed by atoms with Crippen molar-refractivity contribution in [2.75, 3.05) is 0 Å². The highest BCUT2D eigenvalue weighted by Gasteiger charge is 2.31. The van der Waals surface area contributed by atoms with Crippen LogP contribution < -0.4 is 15.6 Å². The van der Waals surface area contributed by atoms with Gasteiger partial charge in [0.2, 0.25) is 0 Å². The number of carbonyl (C=O) groups excluding carboxylic acids is 1. The van der Waals surface area contributed by atoms with Gasteiger partial charge < -0.3 is 10.7 Å². The minimum absolute atomic E-state index is 0.0757. The smallest absolute Gasteiger partial charge is 0.261 e. The van der Waals surface area contributed by atoms with E-state index in [0.717, 1.165) is 18.5 Å². The fourth-order valence-electron chi connectivity index (χ4n) is 2.35. The molecule has 21 heavy (non-hydrogen) atoms. The van der Waals surface area contributed by atoms with Crippen molar-refractivity contribution in [3.63, 3.8) is 0 Å². The van der Waals surface area contributed by atoms with Crippen molar-refractivity contribution < 1.29 is 9.18 Å². The Bertz CT molecular complexity index is 584. The van der Waals surface area contributed by atoms with Crippen LogP contribution in [0.3, 0.4) is 0 Å². The minimum atomic E-state index is -0.411. The van der Waals surface area contributed by atoms with E-state index in [1.807, 2.05) is 0 Å². The van der Waals surface area contributed by atoms with Crippen molar-refractivity contribution in [3.8, 4) is 0 Å². The molecule has 1 fully saturated rings. The zero-order chi connectivity index (χ0) is 14.8. The van der Waals surface area contributed by atoms with Crippen molar-refractivity contribution in [2.45, 2.75) is 25.8 Å². The van der Waals surface area contributed by atoms with Gasteiger partial charge in [0.1, 0.15) is 10.7 Å². The zero-order valence-corrected chi connectivity index (χ0v) is 12.8. The number of hydrogen-bond acceptors (Lipinski definition) is 4. The van der Waals surface area contributed by atoms with Crippen molar-refractivity contribution >= 4 is 29.5 Å². The van der Waals surface area contributed by atoms with Crippen LogP contribution in [-0.2, 0) is 11.3 Å². The summed E-state index contributed by atoms with van der Waals surface area (Å²) in [4.78, 5) is 15.8. The number of allylic oxidation sites excluding steroid dienone is 1. The highest BCUT2D eigenvalue weighted by Crippen LogP contribution is 2.37. The van der Waals surface area contributed by atoms with Gasteiger partial charge >= 0.3 is 0 Å². The molecule has 2 aliphatic rings. The van der Waals surface area contributed by atoms with E-state index in [1.54, 1.807) is 12.1 Å². The van der Waals surface area contributed by atoms with E-state index in [1.165, 1.54) is 24.4 Å². The molecule has 4 nitrogen and oxygen atoms in total.